The van der Waals surface area contributed by atoms with E-state index in [9.17, 15) is 4.79 Å². The molecule has 23 heavy (non-hydrogen) atoms. The third-order valence-electron chi connectivity index (χ3n) is 4.35. The molecule has 1 saturated carbocycles. The maximum absolute atomic E-state index is 12.0. The van der Waals surface area contributed by atoms with Gasteiger partial charge in [0.05, 0.1) is 12.8 Å². The average Bonchev–Trinajstić information content (AvgIpc) is 2.93. The van der Waals surface area contributed by atoms with Crippen molar-refractivity contribution >= 4 is 6.09 Å². The molecule has 0 bridgehead atoms. The van der Waals surface area contributed by atoms with Crippen LogP contribution in [0, 0.1) is 11.8 Å². The van der Waals surface area contributed by atoms with Crippen molar-refractivity contribution in [2.24, 2.45) is 11.8 Å². The van der Waals surface area contributed by atoms with Gasteiger partial charge in [0.2, 0.25) is 5.88 Å². The van der Waals surface area contributed by atoms with Crippen LogP contribution in [0.2, 0.25) is 0 Å². The highest BCUT2D eigenvalue weighted by atomic mass is 16.6. The highest BCUT2D eigenvalue weighted by molar-refractivity contribution is 5.69. The number of piperidine rings is 1. The van der Waals surface area contributed by atoms with Crippen LogP contribution in [0.15, 0.2) is 18.2 Å². The second kappa shape index (κ2) is 6.00. The first-order valence-corrected chi connectivity index (χ1v) is 8.08. The van der Waals surface area contributed by atoms with Gasteiger partial charge in [-0.3, -0.25) is 0 Å². The number of nitrogens with zero attached hydrogens (tertiary/aromatic N) is 2. The van der Waals surface area contributed by atoms with Crippen molar-refractivity contribution in [1.82, 2.24) is 15.2 Å². The van der Waals surface area contributed by atoms with Gasteiger partial charge in [-0.1, -0.05) is 6.07 Å². The Labute approximate surface area is 137 Å². The summed E-state index contributed by atoms with van der Waals surface area (Å²) in [6.07, 6.45) is -0.196. The summed E-state index contributed by atoms with van der Waals surface area (Å²) in [6, 6.07) is 6.25. The molecule has 2 aliphatic rings. The summed E-state index contributed by atoms with van der Waals surface area (Å²) >= 11 is 0. The van der Waals surface area contributed by atoms with Crippen LogP contribution in [-0.4, -0.2) is 47.8 Å². The summed E-state index contributed by atoms with van der Waals surface area (Å²) in [6.45, 7) is 7.97. The number of likely N-dealkylation sites (tertiary alicyclic amines) is 1. The standard InChI is InChI=1S/C17H25N3O3/c1-17(2,3)23-16(21)20-9-12-13(10-20)15(12)18-8-11-6-5-7-14(19-11)22-4/h5-7,12-13,15,18H,8-10H2,1-4H3. The normalized spacial score (nSPS) is 25.9. The van der Waals surface area contributed by atoms with E-state index >= 15 is 0 Å². The van der Waals surface area contributed by atoms with Crippen LogP contribution in [0.4, 0.5) is 4.79 Å². The van der Waals surface area contributed by atoms with Gasteiger partial charge < -0.3 is 19.7 Å². The topological polar surface area (TPSA) is 63.7 Å². The number of amides is 1. The van der Waals surface area contributed by atoms with Crippen LogP contribution >= 0.6 is 0 Å². The van der Waals surface area contributed by atoms with Gasteiger partial charge in [0.1, 0.15) is 5.60 Å². The van der Waals surface area contributed by atoms with E-state index in [-0.39, 0.29) is 6.09 Å². The van der Waals surface area contributed by atoms with E-state index in [4.69, 9.17) is 9.47 Å². The second-order valence-electron chi connectivity index (χ2n) is 7.29. The Morgan fingerprint density at radius 2 is 2.04 bits per heavy atom. The number of carbonyl (C=O) groups excluding carboxylic acids is 1. The molecule has 2 fully saturated rings. The molecule has 1 aliphatic heterocycles. The van der Waals surface area contributed by atoms with Gasteiger partial charge in [0.15, 0.2) is 0 Å². The zero-order chi connectivity index (χ0) is 16.6. The molecular weight excluding hydrogens is 294 g/mol. The maximum Gasteiger partial charge on any atom is 0.410 e. The van der Waals surface area contributed by atoms with E-state index in [2.05, 4.69) is 10.3 Å². The number of ether oxygens (including phenoxy) is 2. The first-order chi connectivity index (χ1) is 10.9. The molecule has 126 valence electrons. The van der Waals surface area contributed by atoms with Gasteiger partial charge in [-0.25, -0.2) is 9.78 Å². The molecule has 0 spiro atoms. The summed E-state index contributed by atoms with van der Waals surface area (Å²) in [4.78, 5) is 18.3. The molecule has 1 aromatic rings. The Morgan fingerprint density at radius 1 is 1.35 bits per heavy atom. The van der Waals surface area contributed by atoms with Crippen LogP contribution in [0.1, 0.15) is 26.5 Å². The van der Waals surface area contributed by atoms with Crippen molar-refractivity contribution in [3.8, 4) is 5.88 Å². The van der Waals surface area contributed by atoms with E-state index in [0.29, 0.717) is 23.8 Å². The van der Waals surface area contributed by atoms with Gasteiger partial charge in [-0.15, -0.1) is 0 Å². The smallest absolute Gasteiger partial charge is 0.410 e. The SMILES string of the molecule is COc1cccc(CNC2C3CN(C(=O)OC(C)(C)C)CC32)n1. The average molecular weight is 319 g/mol. The molecule has 1 aromatic heterocycles. The minimum absolute atomic E-state index is 0.196. The molecule has 2 atom stereocenters. The van der Waals surface area contributed by atoms with Crippen LogP contribution in [0.25, 0.3) is 0 Å². The first-order valence-electron chi connectivity index (χ1n) is 8.08. The molecule has 1 N–H and O–H groups in total. The number of carbonyl (C=O) groups is 1. The zero-order valence-electron chi connectivity index (χ0n) is 14.2. The van der Waals surface area contributed by atoms with E-state index in [1.54, 1.807) is 7.11 Å². The van der Waals surface area contributed by atoms with Crippen molar-refractivity contribution in [3.05, 3.63) is 23.9 Å². The lowest BCUT2D eigenvalue weighted by molar-refractivity contribution is 0.0269. The predicted molar refractivity (Wildman–Crippen MR) is 86.2 cm³/mol. The molecule has 1 aliphatic carbocycles. The number of rotatable bonds is 4. The molecular formula is C17H25N3O3. The Bertz CT molecular complexity index is 573. The number of hydrogen-bond donors (Lipinski definition) is 1. The van der Waals surface area contributed by atoms with Crippen molar-refractivity contribution in [2.75, 3.05) is 20.2 Å². The zero-order valence-corrected chi connectivity index (χ0v) is 14.2. The largest absolute Gasteiger partial charge is 0.481 e. The molecule has 2 heterocycles. The minimum Gasteiger partial charge on any atom is -0.481 e. The van der Waals surface area contributed by atoms with E-state index in [1.807, 2.05) is 43.9 Å². The molecule has 2 unspecified atom stereocenters. The Morgan fingerprint density at radius 3 is 2.65 bits per heavy atom. The first kappa shape index (κ1) is 16.1. The number of pyridine rings is 1. The van der Waals surface area contributed by atoms with Crippen molar-refractivity contribution in [3.63, 3.8) is 0 Å². The van der Waals surface area contributed by atoms with Crippen molar-refractivity contribution < 1.29 is 14.3 Å². The van der Waals surface area contributed by atoms with Crippen LogP contribution < -0.4 is 10.1 Å². The quantitative estimate of drug-likeness (QED) is 0.920. The van der Waals surface area contributed by atoms with Gasteiger partial charge in [-0.05, 0) is 38.7 Å². The summed E-state index contributed by atoms with van der Waals surface area (Å²) in [5, 5.41) is 3.54. The van der Waals surface area contributed by atoms with E-state index in [1.165, 1.54) is 0 Å². The molecule has 0 radical (unpaired) electrons. The predicted octanol–water partition coefficient (Wildman–Crippen LogP) is 2.05. The molecule has 6 heteroatoms. The number of methoxy groups -OCH3 is 1. The molecule has 0 aromatic carbocycles. The van der Waals surface area contributed by atoms with Gasteiger partial charge >= 0.3 is 6.09 Å². The molecule has 6 nitrogen and oxygen atoms in total. The highest BCUT2D eigenvalue weighted by Gasteiger charge is 2.56. The van der Waals surface area contributed by atoms with Gasteiger partial charge in [0.25, 0.3) is 0 Å². The number of nitrogens with one attached hydrogen (secondary N) is 1. The lowest BCUT2D eigenvalue weighted by Crippen LogP contribution is -2.39. The summed E-state index contributed by atoms with van der Waals surface area (Å²) in [5.74, 6) is 1.71. The Hall–Kier alpha value is -1.82. The number of fused-ring (bicyclic) bond motifs is 1. The van der Waals surface area contributed by atoms with E-state index < -0.39 is 5.60 Å². The Kier molecular flexibility index (Phi) is 4.19. The summed E-state index contributed by atoms with van der Waals surface area (Å²) in [5.41, 5.74) is 0.540. The van der Waals surface area contributed by atoms with Crippen LogP contribution in [0.5, 0.6) is 5.88 Å². The summed E-state index contributed by atoms with van der Waals surface area (Å²) in [7, 11) is 1.62. The van der Waals surface area contributed by atoms with Crippen LogP contribution in [-0.2, 0) is 11.3 Å². The van der Waals surface area contributed by atoms with Gasteiger partial charge in [0, 0.05) is 31.7 Å². The fourth-order valence-electron chi connectivity index (χ4n) is 3.20. The fourth-order valence-corrected chi connectivity index (χ4v) is 3.20. The van der Waals surface area contributed by atoms with Gasteiger partial charge in [-0.2, -0.15) is 0 Å². The van der Waals surface area contributed by atoms with Crippen molar-refractivity contribution in [2.45, 2.75) is 39.0 Å². The van der Waals surface area contributed by atoms with Crippen LogP contribution in [0.3, 0.4) is 0 Å². The maximum atomic E-state index is 12.0. The molecule has 1 saturated heterocycles. The van der Waals surface area contributed by atoms with E-state index in [0.717, 1.165) is 25.3 Å². The molecule has 1 amide bonds. The number of hydrogen-bond acceptors (Lipinski definition) is 5. The molecule has 3 rings (SSSR count). The minimum atomic E-state index is -0.431. The summed E-state index contributed by atoms with van der Waals surface area (Å²) < 4.78 is 10.6. The monoisotopic (exact) mass is 319 g/mol. The lowest BCUT2D eigenvalue weighted by Gasteiger charge is -2.26. The fraction of sp³-hybridized carbons (Fsp3) is 0.647. The highest BCUT2D eigenvalue weighted by Crippen LogP contribution is 2.45. The lowest BCUT2D eigenvalue weighted by atomic mass is 10.2. The number of aromatic nitrogens is 1. The third-order valence-corrected chi connectivity index (χ3v) is 4.35. The Balaban J connectivity index is 1.44. The third kappa shape index (κ3) is 3.75. The van der Waals surface area contributed by atoms with Crippen molar-refractivity contribution in [1.29, 1.82) is 0 Å². The second-order valence-corrected chi connectivity index (χ2v) is 7.29.